The zero-order valence-electron chi connectivity index (χ0n) is 18.1. The van der Waals surface area contributed by atoms with Gasteiger partial charge < -0.3 is 18.6 Å². The molecule has 26 heavy (non-hydrogen) atoms. The van der Waals surface area contributed by atoms with E-state index in [1.54, 1.807) is 21.3 Å². The van der Waals surface area contributed by atoms with Gasteiger partial charge in [0.2, 0.25) is 5.75 Å². The molecule has 1 aromatic carbocycles. The van der Waals surface area contributed by atoms with Crippen molar-refractivity contribution in [2.24, 2.45) is 5.92 Å². The van der Waals surface area contributed by atoms with Crippen molar-refractivity contribution in [3.8, 4) is 17.2 Å². The average molecular weight is 381 g/mol. The van der Waals surface area contributed by atoms with Crippen LogP contribution in [0.15, 0.2) is 24.3 Å². The number of rotatable bonds is 8. The van der Waals surface area contributed by atoms with Crippen LogP contribution in [0.25, 0.3) is 0 Å². The highest BCUT2D eigenvalue weighted by atomic mass is 28.4. The molecule has 0 amide bonds. The predicted molar refractivity (Wildman–Crippen MR) is 111 cm³/mol. The fourth-order valence-electron chi connectivity index (χ4n) is 2.48. The summed E-state index contributed by atoms with van der Waals surface area (Å²) in [5.74, 6) is 2.03. The first-order valence-corrected chi connectivity index (χ1v) is 11.9. The molecule has 0 aliphatic carbocycles. The monoisotopic (exact) mass is 380 g/mol. The average Bonchev–Trinajstić information content (AvgIpc) is 2.56. The number of ether oxygens (including phenoxy) is 3. The summed E-state index contributed by atoms with van der Waals surface area (Å²) >= 11 is 0. The third-order valence-electron chi connectivity index (χ3n) is 5.47. The summed E-state index contributed by atoms with van der Waals surface area (Å²) in [7, 11) is 2.88. The smallest absolute Gasteiger partial charge is 0.203 e. The molecule has 1 rings (SSSR count). The number of hydrogen-bond donors (Lipinski definition) is 0. The van der Waals surface area contributed by atoms with E-state index in [0.717, 1.165) is 11.1 Å². The molecule has 0 spiro atoms. The quantitative estimate of drug-likeness (QED) is 0.410. The van der Waals surface area contributed by atoms with Crippen LogP contribution in [0.5, 0.6) is 17.2 Å². The molecule has 0 radical (unpaired) electrons. The lowest BCUT2D eigenvalue weighted by molar-refractivity contribution is 0.142. The minimum atomic E-state index is -1.99. The Morgan fingerprint density at radius 3 is 1.77 bits per heavy atom. The van der Waals surface area contributed by atoms with Crippen molar-refractivity contribution in [2.75, 3.05) is 21.3 Å². The van der Waals surface area contributed by atoms with Crippen LogP contribution >= 0.6 is 0 Å². The Labute approximate surface area is 160 Å². The van der Waals surface area contributed by atoms with Crippen LogP contribution < -0.4 is 14.2 Å². The minimum Gasteiger partial charge on any atom is -0.493 e. The first-order valence-electron chi connectivity index (χ1n) is 9.02. The highest BCUT2D eigenvalue weighted by Gasteiger charge is 2.41. The Hall–Kier alpha value is -1.46. The topological polar surface area (TPSA) is 36.9 Å². The first kappa shape index (κ1) is 22.6. The summed E-state index contributed by atoms with van der Waals surface area (Å²) < 4.78 is 23.3. The van der Waals surface area contributed by atoms with Gasteiger partial charge in [0.05, 0.1) is 27.4 Å². The molecular weight excluding hydrogens is 344 g/mol. The normalized spacial score (nSPS) is 14.5. The molecule has 0 aliphatic rings. The Bertz CT molecular complexity index is 606. The van der Waals surface area contributed by atoms with Crippen molar-refractivity contribution in [2.45, 2.75) is 58.9 Å². The zero-order chi connectivity index (χ0) is 20.3. The standard InChI is InChI=1S/C21H36O4Si/c1-14(2)15(3)19(25-26(10,11)21(4,5)6)16-12-17(22-7)20(24-9)18(13-16)23-8/h12-13,15,19H,1H2,2-11H3/t15-,19+/m0/s1. The molecule has 0 unspecified atom stereocenters. The second kappa shape index (κ2) is 8.48. The van der Waals surface area contributed by atoms with Gasteiger partial charge in [0, 0.05) is 5.92 Å². The Morgan fingerprint density at radius 1 is 1.00 bits per heavy atom. The van der Waals surface area contributed by atoms with Crippen molar-refractivity contribution >= 4 is 8.32 Å². The molecule has 4 nitrogen and oxygen atoms in total. The SMILES string of the molecule is C=C(C)[C@H](C)[C@@H](O[Si](C)(C)C(C)(C)C)c1cc(OC)c(OC)c(OC)c1. The van der Waals surface area contributed by atoms with Crippen LogP contribution in [0, 0.1) is 5.92 Å². The van der Waals surface area contributed by atoms with Crippen LogP contribution in [0.2, 0.25) is 18.1 Å². The molecule has 0 aliphatic heterocycles. The van der Waals surface area contributed by atoms with E-state index in [2.05, 4.69) is 47.4 Å². The lowest BCUT2D eigenvalue weighted by atomic mass is 9.92. The van der Waals surface area contributed by atoms with E-state index in [0.29, 0.717) is 17.2 Å². The molecule has 0 bridgehead atoms. The van der Waals surface area contributed by atoms with Gasteiger partial charge >= 0.3 is 0 Å². The maximum atomic E-state index is 6.81. The largest absolute Gasteiger partial charge is 0.493 e. The molecule has 0 saturated heterocycles. The van der Waals surface area contributed by atoms with E-state index in [1.807, 2.05) is 19.1 Å². The molecule has 1 aromatic rings. The molecule has 0 aromatic heterocycles. The van der Waals surface area contributed by atoms with Gasteiger partial charge in [-0.3, -0.25) is 0 Å². The van der Waals surface area contributed by atoms with Gasteiger partial charge in [-0.2, -0.15) is 0 Å². The van der Waals surface area contributed by atoms with E-state index >= 15 is 0 Å². The Balaban J connectivity index is 3.51. The lowest BCUT2D eigenvalue weighted by Gasteiger charge is -2.41. The van der Waals surface area contributed by atoms with Crippen molar-refractivity contribution in [3.63, 3.8) is 0 Å². The molecule has 5 heteroatoms. The van der Waals surface area contributed by atoms with Gasteiger partial charge in [-0.15, -0.1) is 0 Å². The van der Waals surface area contributed by atoms with E-state index in [4.69, 9.17) is 18.6 Å². The van der Waals surface area contributed by atoms with E-state index in [1.165, 1.54) is 0 Å². The third kappa shape index (κ3) is 4.83. The maximum absolute atomic E-state index is 6.81. The van der Waals surface area contributed by atoms with Crippen LogP contribution in [0.1, 0.15) is 46.3 Å². The van der Waals surface area contributed by atoms with Crippen molar-refractivity contribution in [1.29, 1.82) is 0 Å². The summed E-state index contributed by atoms with van der Waals surface area (Å²) in [6, 6.07) is 3.97. The van der Waals surface area contributed by atoms with Gasteiger partial charge in [0.1, 0.15) is 0 Å². The fourth-order valence-corrected chi connectivity index (χ4v) is 3.81. The second-order valence-electron chi connectivity index (χ2n) is 8.39. The highest BCUT2D eigenvalue weighted by molar-refractivity contribution is 6.74. The van der Waals surface area contributed by atoms with Crippen LogP contribution in [0.4, 0.5) is 0 Å². The van der Waals surface area contributed by atoms with E-state index < -0.39 is 8.32 Å². The molecule has 0 heterocycles. The van der Waals surface area contributed by atoms with Crippen LogP contribution in [-0.2, 0) is 4.43 Å². The molecular formula is C21H36O4Si. The van der Waals surface area contributed by atoms with E-state index in [-0.39, 0.29) is 17.1 Å². The molecule has 148 valence electrons. The number of benzene rings is 1. The second-order valence-corrected chi connectivity index (χ2v) is 13.1. The summed E-state index contributed by atoms with van der Waals surface area (Å²) in [4.78, 5) is 0. The van der Waals surface area contributed by atoms with Gasteiger partial charge in [-0.05, 0) is 42.8 Å². The van der Waals surface area contributed by atoms with Gasteiger partial charge in [0.25, 0.3) is 0 Å². The van der Waals surface area contributed by atoms with Crippen molar-refractivity contribution in [3.05, 3.63) is 29.8 Å². The molecule has 0 N–H and O–H groups in total. The van der Waals surface area contributed by atoms with Crippen molar-refractivity contribution in [1.82, 2.24) is 0 Å². The summed E-state index contributed by atoms with van der Waals surface area (Å²) in [6.07, 6.45) is -0.123. The number of methoxy groups -OCH3 is 3. The molecule has 0 saturated carbocycles. The summed E-state index contributed by atoms with van der Waals surface area (Å²) in [5, 5.41) is 0.112. The third-order valence-corrected chi connectivity index (χ3v) is 9.93. The Morgan fingerprint density at radius 2 is 1.46 bits per heavy atom. The number of hydrogen-bond acceptors (Lipinski definition) is 4. The maximum Gasteiger partial charge on any atom is 0.203 e. The summed E-state index contributed by atoms with van der Waals surface area (Å²) in [5.41, 5.74) is 2.10. The minimum absolute atomic E-state index is 0.112. The predicted octanol–water partition coefficient (Wildman–Crippen LogP) is 5.99. The van der Waals surface area contributed by atoms with Crippen LogP contribution in [-0.4, -0.2) is 29.6 Å². The molecule has 0 fully saturated rings. The van der Waals surface area contributed by atoms with Crippen LogP contribution in [0.3, 0.4) is 0 Å². The van der Waals surface area contributed by atoms with Gasteiger partial charge in [-0.25, -0.2) is 0 Å². The van der Waals surface area contributed by atoms with Crippen molar-refractivity contribution < 1.29 is 18.6 Å². The van der Waals surface area contributed by atoms with Gasteiger partial charge in [0.15, 0.2) is 19.8 Å². The zero-order valence-corrected chi connectivity index (χ0v) is 19.1. The van der Waals surface area contributed by atoms with E-state index in [9.17, 15) is 0 Å². The Kier molecular flexibility index (Phi) is 7.37. The fraction of sp³-hybridized carbons (Fsp3) is 0.619. The highest BCUT2D eigenvalue weighted by Crippen LogP contribution is 2.46. The lowest BCUT2D eigenvalue weighted by Crippen LogP contribution is -2.43. The summed E-state index contributed by atoms with van der Waals surface area (Å²) in [6.45, 7) is 19.6. The first-order chi connectivity index (χ1) is 11.9. The molecule has 2 atom stereocenters. The van der Waals surface area contributed by atoms with Gasteiger partial charge in [-0.1, -0.05) is 39.8 Å².